The van der Waals surface area contributed by atoms with E-state index in [1.807, 2.05) is 46.8 Å². The van der Waals surface area contributed by atoms with Crippen LogP contribution in [0.25, 0.3) is 27.5 Å². The minimum atomic E-state index is -3.38. The van der Waals surface area contributed by atoms with Gasteiger partial charge in [0.15, 0.2) is 5.65 Å². The van der Waals surface area contributed by atoms with Gasteiger partial charge in [-0.05, 0) is 62.5 Å². The molecule has 6 rings (SSSR count). The van der Waals surface area contributed by atoms with Gasteiger partial charge in [0, 0.05) is 43.5 Å². The number of nitrogens with one attached hydrogen (secondary N) is 2. The zero-order valence-corrected chi connectivity index (χ0v) is 25.8. The van der Waals surface area contributed by atoms with Crippen molar-refractivity contribution in [3.8, 4) is 21.8 Å². The van der Waals surface area contributed by atoms with Crippen LogP contribution in [0, 0.1) is 0 Å². The average Bonchev–Trinajstić information content (AvgIpc) is 3.41. The molecular weight excluding hydrogens is 573 g/mol. The zero-order valence-electron chi connectivity index (χ0n) is 24.1. The molecule has 0 aromatic carbocycles. The summed E-state index contributed by atoms with van der Waals surface area (Å²) in [7, 11) is -3.38. The first-order chi connectivity index (χ1) is 20.3. The molecule has 1 saturated heterocycles. The van der Waals surface area contributed by atoms with Gasteiger partial charge in [-0.15, -0.1) is 11.3 Å². The summed E-state index contributed by atoms with van der Waals surface area (Å²) in [4.78, 5) is 15.2. The molecule has 1 saturated carbocycles. The average molecular weight is 611 g/mol. The molecule has 0 amide bonds. The normalized spacial score (nSPS) is 17.6. The standard InChI is InChI=1S/C29H38N8O3S2/c1-4-35(5-2)19(3)15-30-29(38)20-13-25(23-16-31-37-11-10-24(33-28(23)37)26-7-6-12-41-26)32-27(14-20)36-17-22(18-36)42(39,40)34-21-8-9-21/h6-7,10-14,16,19,21-22,29-30,34,38H,4-5,8-9,15,17-18H2,1-3H3/t19-,29?/m0/s1. The maximum atomic E-state index is 12.8. The lowest BCUT2D eigenvalue weighted by molar-refractivity contribution is 0.121. The quantitative estimate of drug-likeness (QED) is 0.196. The number of thiophene rings is 1. The van der Waals surface area contributed by atoms with Crippen LogP contribution in [0.2, 0.25) is 0 Å². The molecule has 1 aliphatic heterocycles. The fourth-order valence-corrected chi connectivity index (χ4v) is 7.67. The van der Waals surface area contributed by atoms with E-state index in [1.165, 1.54) is 0 Å². The lowest BCUT2D eigenvalue weighted by atomic mass is 10.1. The Kier molecular flexibility index (Phi) is 8.31. The van der Waals surface area contributed by atoms with Crippen molar-refractivity contribution in [1.29, 1.82) is 0 Å². The molecule has 0 spiro atoms. The number of rotatable bonds is 13. The molecule has 4 aromatic rings. The highest BCUT2D eigenvalue weighted by atomic mass is 32.2. The first kappa shape index (κ1) is 29.1. The zero-order chi connectivity index (χ0) is 29.4. The number of pyridine rings is 1. The van der Waals surface area contributed by atoms with Crippen LogP contribution in [0.1, 0.15) is 45.4 Å². The van der Waals surface area contributed by atoms with Crippen molar-refractivity contribution in [2.75, 3.05) is 37.6 Å². The van der Waals surface area contributed by atoms with Crippen LogP contribution in [-0.2, 0) is 10.0 Å². The molecule has 5 heterocycles. The Bertz CT molecular complexity index is 1630. The van der Waals surface area contributed by atoms with Gasteiger partial charge in [-0.25, -0.2) is 27.6 Å². The van der Waals surface area contributed by atoms with Gasteiger partial charge >= 0.3 is 0 Å². The molecule has 0 radical (unpaired) electrons. The lowest BCUT2D eigenvalue weighted by Gasteiger charge is -2.39. The molecule has 3 N–H and O–H groups in total. The first-order valence-corrected chi connectivity index (χ1v) is 17.0. The Morgan fingerprint density at radius 1 is 1.14 bits per heavy atom. The van der Waals surface area contributed by atoms with Crippen molar-refractivity contribution < 1.29 is 13.5 Å². The van der Waals surface area contributed by atoms with E-state index >= 15 is 0 Å². The second kappa shape index (κ2) is 12.0. The molecule has 2 aliphatic rings. The number of hydrogen-bond donors (Lipinski definition) is 3. The van der Waals surface area contributed by atoms with Gasteiger partial charge in [-0.1, -0.05) is 19.9 Å². The minimum Gasteiger partial charge on any atom is -0.374 e. The van der Waals surface area contributed by atoms with Crippen LogP contribution in [0.3, 0.4) is 0 Å². The van der Waals surface area contributed by atoms with Gasteiger partial charge < -0.3 is 10.0 Å². The third kappa shape index (κ3) is 6.08. The van der Waals surface area contributed by atoms with Crippen molar-refractivity contribution in [1.82, 2.24) is 34.5 Å². The van der Waals surface area contributed by atoms with E-state index in [0.717, 1.165) is 42.1 Å². The number of hydrogen-bond acceptors (Lipinski definition) is 10. The highest BCUT2D eigenvalue weighted by molar-refractivity contribution is 7.90. The van der Waals surface area contributed by atoms with Gasteiger partial charge in [0.25, 0.3) is 0 Å². The van der Waals surface area contributed by atoms with Crippen molar-refractivity contribution in [3.63, 3.8) is 0 Å². The van der Waals surface area contributed by atoms with Crippen LogP contribution in [0.15, 0.2) is 48.1 Å². The number of aromatic nitrogens is 4. The van der Waals surface area contributed by atoms with Crippen LogP contribution in [0.4, 0.5) is 5.82 Å². The van der Waals surface area contributed by atoms with E-state index in [9.17, 15) is 13.5 Å². The maximum Gasteiger partial charge on any atom is 0.218 e. The van der Waals surface area contributed by atoms with E-state index < -0.39 is 21.5 Å². The number of aliphatic hydroxyl groups is 1. The smallest absolute Gasteiger partial charge is 0.218 e. The van der Waals surface area contributed by atoms with Gasteiger partial charge in [0.1, 0.15) is 17.3 Å². The number of sulfonamides is 1. The Morgan fingerprint density at radius 2 is 1.93 bits per heavy atom. The van der Waals surface area contributed by atoms with Gasteiger partial charge in [-0.2, -0.15) is 5.10 Å². The van der Waals surface area contributed by atoms with Crippen LogP contribution in [-0.4, -0.2) is 88.1 Å². The highest BCUT2D eigenvalue weighted by Crippen LogP contribution is 2.32. The molecule has 1 aliphatic carbocycles. The van der Waals surface area contributed by atoms with Gasteiger partial charge in [0.05, 0.1) is 28.0 Å². The Balaban J connectivity index is 1.31. The van der Waals surface area contributed by atoms with E-state index in [4.69, 9.17) is 9.97 Å². The Hall–Kier alpha value is -2.94. The molecule has 42 heavy (non-hydrogen) atoms. The fraction of sp³-hybridized carbons (Fsp3) is 0.483. The summed E-state index contributed by atoms with van der Waals surface area (Å²) in [5, 5.41) is 20.6. The fourth-order valence-electron chi connectivity index (χ4n) is 5.33. The predicted octanol–water partition coefficient (Wildman–Crippen LogP) is 3.10. The molecule has 2 fully saturated rings. The number of likely N-dealkylation sites (N-methyl/N-ethyl adjacent to an activating group) is 1. The predicted molar refractivity (Wildman–Crippen MR) is 166 cm³/mol. The third-order valence-electron chi connectivity index (χ3n) is 8.13. The van der Waals surface area contributed by atoms with Crippen molar-refractivity contribution in [3.05, 3.63) is 53.7 Å². The Morgan fingerprint density at radius 3 is 2.62 bits per heavy atom. The second-order valence-electron chi connectivity index (χ2n) is 11.1. The summed E-state index contributed by atoms with van der Waals surface area (Å²) in [5.74, 6) is 0.617. The molecule has 2 atom stereocenters. The summed E-state index contributed by atoms with van der Waals surface area (Å²) in [6.45, 7) is 9.56. The van der Waals surface area contributed by atoms with E-state index in [1.54, 1.807) is 22.0 Å². The number of nitrogens with zero attached hydrogens (tertiary/aromatic N) is 6. The largest absolute Gasteiger partial charge is 0.374 e. The SMILES string of the molecule is CCN(CC)[C@@H](C)CNC(O)c1cc(-c2cnn3ccc(-c4cccs4)nc23)nc(N2CC(S(=O)(=O)NC3CC3)C2)c1. The van der Waals surface area contributed by atoms with Crippen molar-refractivity contribution in [2.45, 2.75) is 57.2 Å². The summed E-state index contributed by atoms with van der Waals surface area (Å²) in [6.07, 6.45) is 4.50. The second-order valence-corrected chi connectivity index (χ2v) is 14.0. The van der Waals surface area contributed by atoms with Crippen molar-refractivity contribution in [2.24, 2.45) is 0 Å². The maximum absolute atomic E-state index is 12.8. The summed E-state index contributed by atoms with van der Waals surface area (Å²) in [5.41, 5.74) is 3.51. The van der Waals surface area contributed by atoms with E-state index in [2.05, 4.69) is 40.8 Å². The molecule has 4 aromatic heterocycles. The van der Waals surface area contributed by atoms with Gasteiger partial charge in [0.2, 0.25) is 10.0 Å². The third-order valence-corrected chi connectivity index (χ3v) is 10.9. The monoisotopic (exact) mass is 610 g/mol. The van der Waals surface area contributed by atoms with Gasteiger partial charge in [-0.3, -0.25) is 10.2 Å². The van der Waals surface area contributed by atoms with Crippen molar-refractivity contribution >= 4 is 32.8 Å². The number of fused-ring (bicyclic) bond motifs is 1. The van der Waals surface area contributed by atoms with Crippen LogP contribution in [0.5, 0.6) is 0 Å². The topological polar surface area (TPSA) is 128 Å². The highest BCUT2D eigenvalue weighted by Gasteiger charge is 2.41. The first-order valence-electron chi connectivity index (χ1n) is 14.6. The summed E-state index contributed by atoms with van der Waals surface area (Å²) < 4.78 is 30.1. The molecule has 1 unspecified atom stereocenters. The molecule has 13 heteroatoms. The minimum absolute atomic E-state index is 0.0826. The molecule has 0 bridgehead atoms. The summed E-state index contributed by atoms with van der Waals surface area (Å²) >= 11 is 1.62. The van der Waals surface area contributed by atoms with Crippen LogP contribution < -0.4 is 14.9 Å². The molecular formula is C29H38N8O3S2. The van der Waals surface area contributed by atoms with E-state index in [-0.39, 0.29) is 12.1 Å². The lowest BCUT2D eigenvalue weighted by Crippen LogP contribution is -2.58. The molecule has 11 nitrogen and oxygen atoms in total. The Labute approximate surface area is 250 Å². The number of aliphatic hydroxyl groups excluding tert-OH is 1. The number of anilines is 1. The van der Waals surface area contributed by atoms with E-state index in [0.29, 0.717) is 42.4 Å². The van der Waals surface area contributed by atoms with Crippen LogP contribution >= 0.6 is 11.3 Å². The molecule has 224 valence electrons. The summed E-state index contributed by atoms with van der Waals surface area (Å²) in [6, 6.07) is 10.0.